The average molecular weight is 514 g/mol. The molecular weight excluding hydrogens is 482 g/mol. The summed E-state index contributed by atoms with van der Waals surface area (Å²) in [6, 6.07) is 32.7. The number of carbonyl (C=O) groups is 2. The van der Waals surface area contributed by atoms with Gasteiger partial charge in [0.2, 0.25) is 0 Å². The molecule has 6 rings (SSSR count). The van der Waals surface area contributed by atoms with Gasteiger partial charge in [-0.2, -0.15) is 0 Å². The molecule has 0 saturated heterocycles. The Morgan fingerprint density at radius 3 is 2.28 bits per heavy atom. The minimum absolute atomic E-state index is 0.0590. The van der Waals surface area contributed by atoms with Gasteiger partial charge in [0.25, 0.3) is 11.8 Å². The van der Waals surface area contributed by atoms with Crippen LogP contribution in [0.25, 0.3) is 11.1 Å². The van der Waals surface area contributed by atoms with Crippen LogP contribution < -0.4 is 10.2 Å². The smallest absolute Gasteiger partial charge is 0.258 e. The van der Waals surface area contributed by atoms with Crippen LogP contribution in [0.1, 0.15) is 52.0 Å². The molecule has 2 amide bonds. The Kier molecular flexibility index (Phi) is 6.57. The van der Waals surface area contributed by atoms with Crippen molar-refractivity contribution < 1.29 is 9.59 Å². The van der Waals surface area contributed by atoms with Crippen LogP contribution in [-0.4, -0.2) is 24.1 Å². The summed E-state index contributed by atoms with van der Waals surface area (Å²) in [6.07, 6.45) is 4.56. The molecule has 2 aliphatic rings. The van der Waals surface area contributed by atoms with Gasteiger partial charge in [0.1, 0.15) is 0 Å². The lowest BCUT2D eigenvalue weighted by molar-refractivity contribution is 0.0984. The summed E-state index contributed by atoms with van der Waals surface area (Å²) in [5, 5.41) is 11.6. The molecule has 0 radical (unpaired) electrons. The Hall–Kier alpha value is -4.51. The van der Waals surface area contributed by atoms with Gasteiger partial charge in [-0.15, -0.1) is 0 Å². The lowest BCUT2D eigenvalue weighted by atomic mass is 9.76. The summed E-state index contributed by atoms with van der Waals surface area (Å²) in [5.41, 5.74) is 6.43. The molecule has 1 saturated carbocycles. The molecule has 1 fully saturated rings. The monoisotopic (exact) mass is 513 g/mol. The minimum Gasteiger partial charge on any atom is -0.322 e. The van der Waals surface area contributed by atoms with E-state index in [0.717, 1.165) is 60.2 Å². The first-order valence-electron chi connectivity index (χ1n) is 13.6. The number of para-hydroxylation sites is 1. The summed E-state index contributed by atoms with van der Waals surface area (Å²) in [5.74, 6) is -0.254. The zero-order chi connectivity index (χ0) is 26.8. The lowest BCUT2D eigenvalue weighted by Crippen LogP contribution is -2.34. The molecule has 4 aromatic rings. The fraction of sp³-hybridized carbons (Fsp3) is 0.206. The van der Waals surface area contributed by atoms with Crippen molar-refractivity contribution in [3.63, 3.8) is 0 Å². The Balaban J connectivity index is 1.21. The number of hydrogen-bond donors (Lipinski definition) is 2. The van der Waals surface area contributed by atoms with Gasteiger partial charge in [-0.25, -0.2) is 0 Å². The van der Waals surface area contributed by atoms with Crippen molar-refractivity contribution in [2.75, 3.05) is 16.8 Å². The standard InChI is InChI=1S/C34H31N3O2/c35-31-15-8-20-34(31)21-22-37(30-14-7-4-11-26(30)23-34)33(39)25-16-18-27(19-17-25)36-32(38)29-13-6-5-12-28(29)24-9-2-1-3-10-24/h1-7,9-14,16-19,35H,8,15,20-23H2,(H,36,38). The SMILES string of the molecule is N=C1CCCC12CCN(C(=O)c1ccc(NC(=O)c3ccccc3-c3ccccc3)cc1)c1ccccc1C2. The van der Waals surface area contributed by atoms with Crippen molar-refractivity contribution >= 4 is 28.9 Å². The van der Waals surface area contributed by atoms with Gasteiger partial charge in [0.15, 0.2) is 0 Å². The Labute approximate surface area is 229 Å². The van der Waals surface area contributed by atoms with Gasteiger partial charge in [0, 0.05) is 40.2 Å². The van der Waals surface area contributed by atoms with E-state index in [1.807, 2.05) is 77.7 Å². The molecule has 0 bridgehead atoms. The summed E-state index contributed by atoms with van der Waals surface area (Å²) in [7, 11) is 0. The van der Waals surface area contributed by atoms with E-state index in [1.165, 1.54) is 0 Å². The molecule has 1 aliphatic heterocycles. The first kappa shape index (κ1) is 24.8. The third kappa shape index (κ3) is 4.76. The van der Waals surface area contributed by atoms with Crippen LogP contribution in [0.4, 0.5) is 11.4 Å². The summed E-state index contributed by atoms with van der Waals surface area (Å²) in [4.78, 5) is 28.8. The second-order valence-corrected chi connectivity index (χ2v) is 10.6. The second kappa shape index (κ2) is 10.3. The van der Waals surface area contributed by atoms with Crippen LogP contribution >= 0.6 is 0 Å². The Bertz CT molecular complexity index is 1540. The summed E-state index contributed by atoms with van der Waals surface area (Å²) >= 11 is 0. The quantitative estimate of drug-likeness (QED) is 0.299. The van der Waals surface area contributed by atoms with Crippen molar-refractivity contribution in [1.82, 2.24) is 0 Å². The molecule has 0 aromatic heterocycles. The van der Waals surface area contributed by atoms with E-state index in [2.05, 4.69) is 11.4 Å². The minimum atomic E-state index is -0.195. The van der Waals surface area contributed by atoms with Crippen LogP contribution in [0.15, 0.2) is 103 Å². The van der Waals surface area contributed by atoms with E-state index in [4.69, 9.17) is 5.41 Å². The van der Waals surface area contributed by atoms with Crippen LogP contribution in [0, 0.1) is 10.8 Å². The topological polar surface area (TPSA) is 73.3 Å². The van der Waals surface area contributed by atoms with Crippen LogP contribution in [0.5, 0.6) is 0 Å². The van der Waals surface area contributed by atoms with E-state index in [0.29, 0.717) is 23.4 Å². The highest BCUT2D eigenvalue weighted by atomic mass is 16.2. The van der Waals surface area contributed by atoms with Gasteiger partial charge in [0.05, 0.1) is 0 Å². The molecule has 4 aromatic carbocycles. The molecule has 5 nitrogen and oxygen atoms in total. The molecule has 5 heteroatoms. The van der Waals surface area contributed by atoms with Gasteiger partial charge in [-0.1, -0.05) is 66.7 Å². The summed E-state index contributed by atoms with van der Waals surface area (Å²) in [6.45, 7) is 0.590. The largest absolute Gasteiger partial charge is 0.322 e. The molecule has 39 heavy (non-hydrogen) atoms. The number of nitrogens with zero attached hydrogens (tertiary/aromatic N) is 1. The third-order valence-corrected chi connectivity index (χ3v) is 8.24. The highest BCUT2D eigenvalue weighted by Crippen LogP contribution is 2.45. The maximum absolute atomic E-state index is 13.7. The Morgan fingerprint density at radius 1 is 0.795 bits per heavy atom. The number of benzene rings is 4. The molecule has 194 valence electrons. The molecule has 1 atom stereocenters. The van der Waals surface area contributed by atoms with Crippen molar-refractivity contribution in [3.8, 4) is 11.1 Å². The van der Waals surface area contributed by atoms with Gasteiger partial charge in [-0.05, 0) is 85.2 Å². The predicted molar refractivity (Wildman–Crippen MR) is 157 cm³/mol. The third-order valence-electron chi connectivity index (χ3n) is 8.24. The Morgan fingerprint density at radius 2 is 1.51 bits per heavy atom. The molecule has 2 N–H and O–H groups in total. The van der Waals surface area contributed by atoms with E-state index in [1.54, 1.807) is 24.3 Å². The zero-order valence-electron chi connectivity index (χ0n) is 21.8. The normalized spacial score (nSPS) is 18.5. The first-order chi connectivity index (χ1) is 19.0. The average Bonchev–Trinajstić information content (AvgIpc) is 3.23. The van der Waals surface area contributed by atoms with Gasteiger partial charge in [-0.3, -0.25) is 9.59 Å². The van der Waals surface area contributed by atoms with Crippen molar-refractivity contribution in [1.29, 1.82) is 5.41 Å². The van der Waals surface area contributed by atoms with E-state index >= 15 is 0 Å². The zero-order valence-corrected chi connectivity index (χ0v) is 21.8. The fourth-order valence-corrected chi connectivity index (χ4v) is 6.13. The number of fused-ring (bicyclic) bond motifs is 1. The maximum Gasteiger partial charge on any atom is 0.258 e. The van der Waals surface area contributed by atoms with E-state index in [9.17, 15) is 9.59 Å². The lowest BCUT2D eigenvalue weighted by Gasteiger charge is -2.28. The van der Waals surface area contributed by atoms with Gasteiger partial charge >= 0.3 is 0 Å². The number of hydrogen-bond acceptors (Lipinski definition) is 3. The van der Waals surface area contributed by atoms with E-state index in [-0.39, 0.29) is 17.2 Å². The number of nitrogens with one attached hydrogen (secondary N) is 2. The number of rotatable bonds is 4. The highest BCUT2D eigenvalue weighted by molar-refractivity contribution is 6.10. The summed E-state index contributed by atoms with van der Waals surface area (Å²) < 4.78 is 0. The van der Waals surface area contributed by atoms with Crippen LogP contribution in [0.2, 0.25) is 0 Å². The van der Waals surface area contributed by atoms with E-state index < -0.39 is 0 Å². The van der Waals surface area contributed by atoms with Gasteiger partial charge < -0.3 is 15.6 Å². The van der Waals surface area contributed by atoms with Crippen molar-refractivity contribution in [2.45, 2.75) is 32.1 Å². The van der Waals surface area contributed by atoms with Crippen LogP contribution in [0.3, 0.4) is 0 Å². The number of amides is 2. The van der Waals surface area contributed by atoms with Crippen LogP contribution in [-0.2, 0) is 6.42 Å². The predicted octanol–water partition coefficient (Wildman–Crippen LogP) is 7.39. The fourth-order valence-electron chi connectivity index (χ4n) is 6.13. The molecule has 1 unspecified atom stereocenters. The second-order valence-electron chi connectivity index (χ2n) is 10.6. The number of anilines is 2. The van der Waals surface area contributed by atoms with Crippen molar-refractivity contribution in [2.24, 2.45) is 5.41 Å². The molecule has 1 aliphatic carbocycles. The highest BCUT2D eigenvalue weighted by Gasteiger charge is 2.42. The molecule has 1 heterocycles. The maximum atomic E-state index is 13.7. The molecular formula is C34H31N3O2. The van der Waals surface area contributed by atoms with Crippen molar-refractivity contribution in [3.05, 3.63) is 120 Å². The first-order valence-corrected chi connectivity index (χ1v) is 13.6. The number of carbonyl (C=O) groups excluding carboxylic acids is 2. The molecule has 1 spiro atoms.